The largest absolute Gasteiger partial charge is 0.462 e. The number of carbonyl (C=O) groups excluding carboxylic acids is 3. The van der Waals surface area contributed by atoms with Gasteiger partial charge in [-0.25, -0.2) is 0 Å². The second-order valence-corrected chi connectivity index (χ2v) is 18.4. The molecule has 0 saturated heterocycles. The zero-order valence-electron chi connectivity index (χ0n) is 39.0. The third-order valence-corrected chi connectivity index (χ3v) is 11.5. The van der Waals surface area contributed by atoms with Gasteiger partial charge in [-0.15, -0.1) is 0 Å². The number of rotatable bonds is 45. The van der Waals surface area contributed by atoms with Gasteiger partial charge in [0.05, 0.1) is 0 Å². The summed E-state index contributed by atoms with van der Waals surface area (Å²) in [4.78, 5) is 37.8. The first-order chi connectivity index (χ1) is 27.7. The van der Waals surface area contributed by atoms with Gasteiger partial charge in [0, 0.05) is 19.3 Å². The quantitative estimate of drug-likeness (QED) is 0.0346. The summed E-state index contributed by atoms with van der Waals surface area (Å²) >= 11 is 0. The van der Waals surface area contributed by atoms with Crippen LogP contribution in [0.1, 0.15) is 279 Å². The van der Waals surface area contributed by atoms with Crippen molar-refractivity contribution in [1.82, 2.24) is 0 Å². The summed E-state index contributed by atoms with van der Waals surface area (Å²) < 4.78 is 16.8. The van der Waals surface area contributed by atoms with Crippen molar-refractivity contribution in [2.24, 2.45) is 11.8 Å². The van der Waals surface area contributed by atoms with E-state index in [0.717, 1.165) is 69.6 Å². The van der Waals surface area contributed by atoms with E-state index in [9.17, 15) is 14.4 Å². The fraction of sp³-hybridized carbons (Fsp3) is 0.941. The molecule has 0 bridgehead atoms. The molecule has 0 aromatic carbocycles. The number of esters is 3. The first-order valence-corrected chi connectivity index (χ1v) is 25.2. The van der Waals surface area contributed by atoms with Gasteiger partial charge in [0.15, 0.2) is 6.10 Å². The number of hydrogen-bond donors (Lipinski definition) is 0. The molecule has 0 aromatic heterocycles. The van der Waals surface area contributed by atoms with Crippen molar-refractivity contribution in [3.8, 4) is 0 Å². The molecule has 57 heavy (non-hydrogen) atoms. The predicted molar refractivity (Wildman–Crippen MR) is 243 cm³/mol. The summed E-state index contributed by atoms with van der Waals surface area (Å²) in [5.41, 5.74) is 0. The molecule has 0 N–H and O–H groups in total. The fourth-order valence-corrected chi connectivity index (χ4v) is 7.64. The zero-order valence-corrected chi connectivity index (χ0v) is 39.0. The van der Waals surface area contributed by atoms with E-state index < -0.39 is 6.10 Å². The summed E-state index contributed by atoms with van der Waals surface area (Å²) in [6.45, 7) is 11.3. The van der Waals surface area contributed by atoms with Crippen molar-refractivity contribution >= 4 is 17.9 Å². The van der Waals surface area contributed by atoms with Gasteiger partial charge < -0.3 is 14.2 Å². The maximum atomic E-state index is 12.8. The van der Waals surface area contributed by atoms with Gasteiger partial charge in [-0.1, -0.05) is 240 Å². The van der Waals surface area contributed by atoms with E-state index in [4.69, 9.17) is 14.2 Å². The highest BCUT2D eigenvalue weighted by atomic mass is 16.6. The molecule has 0 heterocycles. The number of unbranched alkanes of at least 4 members (excludes halogenated alkanes) is 30. The second kappa shape index (κ2) is 44.0. The van der Waals surface area contributed by atoms with Gasteiger partial charge in [-0.2, -0.15) is 0 Å². The standard InChI is InChI=1S/C51H98O6/c1-6-7-8-9-10-11-12-18-21-26-31-36-41-49(52)55-44-48(45-56-50(53)42-37-32-28-23-25-30-35-40-47(4)5)57-51(54)43-38-33-27-22-19-16-14-13-15-17-20-24-29-34-39-46(2)3/h46-48H,6-45H2,1-5H3/t48-/m1/s1. The van der Waals surface area contributed by atoms with E-state index in [0.29, 0.717) is 19.3 Å². The highest BCUT2D eigenvalue weighted by Gasteiger charge is 2.19. The van der Waals surface area contributed by atoms with Gasteiger partial charge in [0.2, 0.25) is 0 Å². The molecule has 6 nitrogen and oxygen atoms in total. The van der Waals surface area contributed by atoms with Crippen molar-refractivity contribution in [3.05, 3.63) is 0 Å². The van der Waals surface area contributed by atoms with Crippen LogP contribution < -0.4 is 0 Å². The molecule has 6 heteroatoms. The third-order valence-electron chi connectivity index (χ3n) is 11.5. The van der Waals surface area contributed by atoms with Gasteiger partial charge in [0.1, 0.15) is 13.2 Å². The van der Waals surface area contributed by atoms with Crippen LogP contribution in [-0.4, -0.2) is 37.2 Å². The van der Waals surface area contributed by atoms with E-state index in [1.807, 2.05) is 0 Å². The first-order valence-electron chi connectivity index (χ1n) is 25.2. The van der Waals surface area contributed by atoms with Crippen molar-refractivity contribution in [2.75, 3.05) is 13.2 Å². The van der Waals surface area contributed by atoms with Gasteiger partial charge in [-0.05, 0) is 31.1 Å². The second-order valence-electron chi connectivity index (χ2n) is 18.4. The molecule has 0 fully saturated rings. The summed E-state index contributed by atoms with van der Waals surface area (Å²) in [5, 5.41) is 0. The molecule has 0 unspecified atom stereocenters. The van der Waals surface area contributed by atoms with Crippen LogP contribution in [0.15, 0.2) is 0 Å². The van der Waals surface area contributed by atoms with Crippen LogP contribution in [0.25, 0.3) is 0 Å². The molecule has 0 aliphatic carbocycles. The molecule has 338 valence electrons. The molecule has 0 saturated carbocycles. The lowest BCUT2D eigenvalue weighted by Crippen LogP contribution is -2.30. The average molecular weight is 807 g/mol. The maximum absolute atomic E-state index is 12.8. The van der Waals surface area contributed by atoms with E-state index >= 15 is 0 Å². The average Bonchev–Trinajstić information content (AvgIpc) is 3.18. The number of hydrogen-bond acceptors (Lipinski definition) is 6. The fourth-order valence-electron chi connectivity index (χ4n) is 7.64. The lowest BCUT2D eigenvalue weighted by molar-refractivity contribution is -0.167. The minimum atomic E-state index is -0.761. The summed E-state index contributed by atoms with van der Waals surface area (Å²) in [6.07, 6.45) is 43.8. The number of carbonyl (C=O) groups is 3. The van der Waals surface area contributed by atoms with Crippen LogP contribution in [0.4, 0.5) is 0 Å². The molecular formula is C51H98O6. The van der Waals surface area contributed by atoms with Crippen LogP contribution in [-0.2, 0) is 28.6 Å². The molecule has 0 aliphatic heterocycles. The Morgan fingerprint density at radius 2 is 0.579 bits per heavy atom. The van der Waals surface area contributed by atoms with Crippen molar-refractivity contribution in [2.45, 2.75) is 285 Å². The highest BCUT2D eigenvalue weighted by molar-refractivity contribution is 5.71. The summed E-state index contributed by atoms with van der Waals surface area (Å²) in [6, 6.07) is 0. The summed E-state index contributed by atoms with van der Waals surface area (Å²) in [7, 11) is 0. The van der Waals surface area contributed by atoms with E-state index in [1.165, 1.54) is 167 Å². The van der Waals surface area contributed by atoms with Gasteiger partial charge in [-0.3, -0.25) is 14.4 Å². The Hall–Kier alpha value is -1.59. The van der Waals surface area contributed by atoms with Crippen LogP contribution >= 0.6 is 0 Å². The molecule has 0 aromatic rings. The Kier molecular flexibility index (Phi) is 42.7. The lowest BCUT2D eigenvalue weighted by atomic mass is 10.0. The van der Waals surface area contributed by atoms with Gasteiger partial charge >= 0.3 is 17.9 Å². The molecule has 0 rings (SSSR count). The van der Waals surface area contributed by atoms with Crippen LogP contribution in [0.3, 0.4) is 0 Å². The third kappa shape index (κ3) is 45.3. The smallest absolute Gasteiger partial charge is 0.306 e. The lowest BCUT2D eigenvalue weighted by Gasteiger charge is -2.18. The maximum Gasteiger partial charge on any atom is 0.306 e. The van der Waals surface area contributed by atoms with Crippen LogP contribution in [0.5, 0.6) is 0 Å². The molecule has 1 atom stereocenters. The predicted octanol–water partition coefficient (Wildman–Crippen LogP) is 16.1. The Morgan fingerprint density at radius 1 is 0.333 bits per heavy atom. The van der Waals surface area contributed by atoms with Crippen LogP contribution in [0.2, 0.25) is 0 Å². The highest BCUT2D eigenvalue weighted by Crippen LogP contribution is 2.17. The molecular weight excluding hydrogens is 709 g/mol. The van der Waals surface area contributed by atoms with E-state index in [-0.39, 0.29) is 31.1 Å². The molecule has 0 spiro atoms. The molecule has 0 amide bonds. The summed E-state index contributed by atoms with van der Waals surface area (Å²) in [5.74, 6) is 0.772. The topological polar surface area (TPSA) is 78.9 Å². The minimum absolute atomic E-state index is 0.0643. The monoisotopic (exact) mass is 807 g/mol. The first kappa shape index (κ1) is 55.4. The Balaban J connectivity index is 4.29. The normalized spacial score (nSPS) is 12.1. The van der Waals surface area contributed by atoms with Gasteiger partial charge in [0.25, 0.3) is 0 Å². The SMILES string of the molecule is CCCCCCCCCCCCCCC(=O)OC[C@H](COC(=O)CCCCCCCCCC(C)C)OC(=O)CCCCCCCCCCCCCCCCC(C)C. The molecule has 0 aliphatic rings. The Morgan fingerprint density at radius 3 is 0.860 bits per heavy atom. The zero-order chi connectivity index (χ0) is 41.9. The number of ether oxygens (including phenoxy) is 3. The molecule has 0 radical (unpaired) electrons. The van der Waals surface area contributed by atoms with Crippen LogP contribution in [0, 0.1) is 11.8 Å². The van der Waals surface area contributed by atoms with Crippen molar-refractivity contribution < 1.29 is 28.6 Å². The minimum Gasteiger partial charge on any atom is -0.462 e. The van der Waals surface area contributed by atoms with Crippen molar-refractivity contribution in [3.63, 3.8) is 0 Å². The Bertz CT molecular complexity index is 870. The Labute approximate surface area is 355 Å². The van der Waals surface area contributed by atoms with E-state index in [1.54, 1.807) is 0 Å². The van der Waals surface area contributed by atoms with E-state index in [2.05, 4.69) is 34.6 Å². The van der Waals surface area contributed by atoms with Crippen molar-refractivity contribution in [1.29, 1.82) is 0 Å².